The fourth-order valence-corrected chi connectivity index (χ4v) is 5.54. The fourth-order valence-electron chi connectivity index (χ4n) is 5.54. The van der Waals surface area contributed by atoms with Crippen molar-refractivity contribution in [3.8, 4) is 0 Å². The van der Waals surface area contributed by atoms with Crippen LogP contribution in [0.25, 0.3) is 0 Å². The molecule has 0 aliphatic carbocycles. The maximum Gasteiger partial charge on any atom is 0.115 e. The summed E-state index contributed by atoms with van der Waals surface area (Å²) < 4.78 is 0. The monoisotopic (exact) mass is 608 g/mol. The second-order valence-electron chi connectivity index (χ2n) is 11.0. The van der Waals surface area contributed by atoms with Crippen LogP contribution in [0, 0.1) is 0 Å². The van der Waals surface area contributed by atoms with Gasteiger partial charge in [-0.2, -0.15) is 0 Å². The number of hydrogen-bond donors (Lipinski definition) is 2. The van der Waals surface area contributed by atoms with Crippen molar-refractivity contribution in [2.24, 2.45) is 0 Å². The average molecular weight is 610 g/mol. The van der Waals surface area contributed by atoms with Crippen molar-refractivity contribution in [2.75, 3.05) is 40.3 Å². The van der Waals surface area contributed by atoms with Crippen molar-refractivity contribution in [1.29, 1.82) is 0 Å². The standard InChI is InChI=1S/C36H44N2O2.2ClH/c1-37(27-15-25-35(39,31-17-7-3-8-18-31)32-19-9-4-10-20-32)29-30-38(2)28-16-26-36(40,33-21-11-5-12-22-33)34-23-13-6-14-24-34;;/h3-14,17-24,39-40H,15-16,25-30H2,1-2H3;2*1H. The van der Waals surface area contributed by atoms with Gasteiger partial charge in [0.2, 0.25) is 0 Å². The molecule has 0 heterocycles. The van der Waals surface area contributed by atoms with E-state index in [0.29, 0.717) is 12.8 Å². The highest BCUT2D eigenvalue weighted by molar-refractivity contribution is 5.85. The van der Waals surface area contributed by atoms with Crippen LogP contribution in [0.3, 0.4) is 0 Å². The van der Waals surface area contributed by atoms with E-state index in [1.54, 1.807) is 0 Å². The lowest BCUT2D eigenvalue weighted by molar-refractivity contribution is 0.0635. The molecule has 0 amide bonds. The van der Waals surface area contributed by atoms with Crippen LogP contribution in [0.4, 0.5) is 0 Å². The minimum absolute atomic E-state index is 0. The molecule has 0 aromatic heterocycles. The summed E-state index contributed by atoms with van der Waals surface area (Å²) in [5.74, 6) is 0. The summed E-state index contributed by atoms with van der Waals surface area (Å²) in [6.45, 7) is 3.73. The lowest BCUT2D eigenvalue weighted by Crippen LogP contribution is -2.34. The molecule has 42 heavy (non-hydrogen) atoms. The van der Waals surface area contributed by atoms with E-state index in [-0.39, 0.29) is 24.8 Å². The number of halogens is 2. The van der Waals surface area contributed by atoms with Gasteiger partial charge >= 0.3 is 0 Å². The predicted octanol–water partition coefficient (Wildman–Crippen LogP) is 7.13. The Kier molecular flexibility index (Phi) is 14.7. The number of likely N-dealkylation sites (N-methyl/N-ethyl adjacent to an activating group) is 2. The van der Waals surface area contributed by atoms with E-state index >= 15 is 0 Å². The van der Waals surface area contributed by atoms with E-state index in [4.69, 9.17) is 0 Å². The lowest BCUT2D eigenvalue weighted by Gasteiger charge is -2.31. The molecule has 0 aliphatic heterocycles. The van der Waals surface area contributed by atoms with Crippen LogP contribution >= 0.6 is 24.8 Å². The Hall–Kier alpha value is -2.70. The van der Waals surface area contributed by atoms with E-state index in [1.165, 1.54) is 0 Å². The van der Waals surface area contributed by atoms with Gasteiger partial charge in [-0.1, -0.05) is 121 Å². The smallest absolute Gasteiger partial charge is 0.115 e. The van der Waals surface area contributed by atoms with E-state index in [9.17, 15) is 10.2 Å². The minimum atomic E-state index is -0.992. The van der Waals surface area contributed by atoms with Gasteiger partial charge in [0.1, 0.15) is 11.2 Å². The SMILES string of the molecule is CN(CCCC(O)(c1ccccc1)c1ccccc1)CCN(C)CCCC(O)(c1ccccc1)c1ccccc1.Cl.Cl. The van der Waals surface area contributed by atoms with E-state index in [2.05, 4.69) is 23.9 Å². The molecule has 4 rings (SSSR count). The van der Waals surface area contributed by atoms with Crippen LogP contribution in [0.2, 0.25) is 0 Å². The summed E-state index contributed by atoms with van der Waals surface area (Å²) in [6, 6.07) is 40.0. The van der Waals surface area contributed by atoms with Gasteiger partial charge in [0, 0.05) is 13.1 Å². The highest BCUT2D eigenvalue weighted by Gasteiger charge is 2.32. The van der Waals surface area contributed by atoms with Gasteiger partial charge < -0.3 is 20.0 Å². The summed E-state index contributed by atoms with van der Waals surface area (Å²) in [5, 5.41) is 23.5. The first-order valence-electron chi connectivity index (χ1n) is 14.5. The van der Waals surface area contributed by atoms with Gasteiger partial charge in [0.05, 0.1) is 0 Å². The molecule has 0 atom stereocenters. The zero-order valence-electron chi connectivity index (χ0n) is 24.8. The highest BCUT2D eigenvalue weighted by atomic mass is 35.5. The first-order chi connectivity index (χ1) is 19.4. The minimum Gasteiger partial charge on any atom is -0.380 e. The highest BCUT2D eigenvalue weighted by Crippen LogP contribution is 2.35. The molecular formula is C36H46Cl2N2O2. The third-order valence-electron chi connectivity index (χ3n) is 8.03. The van der Waals surface area contributed by atoms with Crippen molar-refractivity contribution in [3.63, 3.8) is 0 Å². The summed E-state index contributed by atoms with van der Waals surface area (Å²) >= 11 is 0. The molecule has 0 spiro atoms. The molecule has 4 aromatic carbocycles. The van der Waals surface area contributed by atoms with Crippen molar-refractivity contribution < 1.29 is 10.2 Å². The zero-order valence-corrected chi connectivity index (χ0v) is 26.4. The molecule has 226 valence electrons. The molecule has 4 aromatic rings. The number of aliphatic hydroxyl groups is 2. The van der Waals surface area contributed by atoms with Crippen molar-refractivity contribution >= 4 is 24.8 Å². The topological polar surface area (TPSA) is 46.9 Å². The summed E-state index contributed by atoms with van der Waals surface area (Å²) in [5.41, 5.74) is 1.77. The summed E-state index contributed by atoms with van der Waals surface area (Å²) in [7, 11) is 4.31. The van der Waals surface area contributed by atoms with Gasteiger partial charge in [-0.05, 0) is 75.1 Å². The number of hydrogen-bond acceptors (Lipinski definition) is 4. The molecule has 0 bridgehead atoms. The molecule has 0 saturated carbocycles. The fraction of sp³-hybridized carbons (Fsp3) is 0.333. The molecular weight excluding hydrogens is 563 g/mol. The Morgan fingerprint density at radius 3 is 0.905 bits per heavy atom. The molecule has 6 heteroatoms. The molecule has 2 N–H and O–H groups in total. The Bertz CT molecular complexity index is 1080. The van der Waals surface area contributed by atoms with Crippen LogP contribution in [0.15, 0.2) is 121 Å². The average Bonchev–Trinajstić information content (AvgIpc) is 3.01. The molecule has 0 saturated heterocycles. The van der Waals surface area contributed by atoms with Crippen LogP contribution in [0.5, 0.6) is 0 Å². The maximum absolute atomic E-state index is 11.8. The van der Waals surface area contributed by atoms with E-state index in [0.717, 1.165) is 61.3 Å². The molecule has 4 nitrogen and oxygen atoms in total. The van der Waals surface area contributed by atoms with Crippen molar-refractivity contribution in [3.05, 3.63) is 144 Å². The number of nitrogens with zero attached hydrogens (tertiary/aromatic N) is 2. The number of benzene rings is 4. The third kappa shape index (κ3) is 9.40. The molecule has 0 unspecified atom stereocenters. The van der Waals surface area contributed by atoms with E-state index in [1.807, 2.05) is 121 Å². The summed E-state index contributed by atoms with van der Waals surface area (Å²) in [6.07, 6.45) is 3.11. The van der Waals surface area contributed by atoms with Gasteiger partial charge in [0.15, 0.2) is 0 Å². The molecule has 0 radical (unpaired) electrons. The second kappa shape index (κ2) is 17.4. The Labute approximate surface area is 264 Å². The van der Waals surface area contributed by atoms with Gasteiger partial charge in [0.25, 0.3) is 0 Å². The lowest BCUT2D eigenvalue weighted by atomic mass is 9.82. The van der Waals surface area contributed by atoms with Crippen LogP contribution in [-0.2, 0) is 11.2 Å². The van der Waals surface area contributed by atoms with Crippen molar-refractivity contribution in [2.45, 2.75) is 36.9 Å². The third-order valence-corrected chi connectivity index (χ3v) is 8.03. The maximum atomic E-state index is 11.8. The van der Waals surface area contributed by atoms with Gasteiger partial charge in [-0.15, -0.1) is 24.8 Å². The largest absolute Gasteiger partial charge is 0.380 e. The Balaban J connectivity index is 0.00000308. The van der Waals surface area contributed by atoms with Crippen molar-refractivity contribution in [1.82, 2.24) is 9.80 Å². The van der Waals surface area contributed by atoms with Gasteiger partial charge in [-0.3, -0.25) is 0 Å². The quantitative estimate of drug-likeness (QED) is 0.151. The zero-order chi connectivity index (χ0) is 28.3. The van der Waals surface area contributed by atoms with Crippen LogP contribution in [0.1, 0.15) is 47.9 Å². The van der Waals surface area contributed by atoms with E-state index < -0.39 is 11.2 Å². The summed E-state index contributed by atoms with van der Waals surface area (Å²) in [4.78, 5) is 4.69. The normalized spacial score (nSPS) is 11.7. The first-order valence-corrected chi connectivity index (χ1v) is 14.5. The number of rotatable bonds is 15. The van der Waals surface area contributed by atoms with Gasteiger partial charge in [-0.25, -0.2) is 0 Å². The molecule has 0 fully saturated rings. The molecule has 0 aliphatic rings. The first kappa shape index (κ1) is 35.5. The predicted molar refractivity (Wildman–Crippen MR) is 180 cm³/mol. The second-order valence-corrected chi connectivity index (χ2v) is 11.0. The van der Waals surface area contributed by atoms with Crippen LogP contribution in [-0.4, -0.2) is 60.3 Å². The Morgan fingerprint density at radius 1 is 0.429 bits per heavy atom. The Morgan fingerprint density at radius 2 is 0.667 bits per heavy atom. The van der Waals surface area contributed by atoms with Crippen LogP contribution < -0.4 is 0 Å².